The third-order valence-electron chi connectivity index (χ3n) is 2.28. The van der Waals surface area contributed by atoms with Crippen LogP contribution in [0.2, 0.25) is 0 Å². The number of guanidine groups is 2. The number of nitrogens with one attached hydrogen (secondary N) is 2. The van der Waals surface area contributed by atoms with E-state index in [9.17, 15) is 0 Å². The number of rotatable bonds is 8. The van der Waals surface area contributed by atoms with E-state index in [1.54, 1.807) is 24.2 Å². The van der Waals surface area contributed by atoms with Crippen molar-refractivity contribution in [3.63, 3.8) is 0 Å². The summed E-state index contributed by atoms with van der Waals surface area (Å²) in [6.45, 7) is 0.832. The quantitative estimate of drug-likeness (QED) is 0.0617. The Bertz CT molecular complexity index is 715. The fraction of sp³-hybridized carbons (Fsp3) is 0.385. The number of hydrogen-bond acceptors (Lipinski definition) is 9. The van der Waals surface area contributed by atoms with Crippen molar-refractivity contribution < 1.29 is 24.9 Å². The molecule has 0 saturated heterocycles. The number of carbonyl (C=O) groups is 2. The fourth-order valence-electron chi connectivity index (χ4n) is 1.29. The van der Waals surface area contributed by atoms with Crippen LogP contribution >= 0.6 is 23.1 Å². The molecule has 0 saturated carbocycles. The Kier molecular flexibility index (Phi) is 13.4. The minimum absolute atomic E-state index is 0.00237. The van der Waals surface area contributed by atoms with E-state index in [0.717, 1.165) is 16.4 Å². The summed E-state index contributed by atoms with van der Waals surface area (Å²) in [5.74, 6) is -1.66. The number of nitriles is 1. The highest BCUT2D eigenvalue weighted by Crippen LogP contribution is 2.24. The van der Waals surface area contributed by atoms with E-state index in [2.05, 4.69) is 25.6 Å². The van der Waals surface area contributed by atoms with Gasteiger partial charge in [-0.05, 0) is 0 Å². The van der Waals surface area contributed by atoms with Crippen LogP contribution in [-0.2, 0) is 15.3 Å². The first-order chi connectivity index (χ1) is 13.3. The number of thioether (sulfide) groups is 1. The zero-order valence-electron chi connectivity index (χ0n) is 14.5. The zero-order valence-corrected chi connectivity index (χ0v) is 16.2. The molecule has 1 heterocycles. The Morgan fingerprint density at radius 1 is 1.36 bits per heavy atom. The molecule has 1 rings (SSSR count). The van der Waals surface area contributed by atoms with E-state index in [4.69, 9.17) is 41.6 Å². The van der Waals surface area contributed by atoms with Crippen LogP contribution in [0.5, 0.6) is 0 Å². The summed E-state index contributed by atoms with van der Waals surface area (Å²) < 4.78 is 0. The molecule has 0 amide bonds. The summed E-state index contributed by atoms with van der Waals surface area (Å²) in [6.07, 6.45) is 3.54. The van der Waals surface area contributed by atoms with Gasteiger partial charge in [-0.1, -0.05) is 11.3 Å². The van der Waals surface area contributed by atoms with Crippen LogP contribution in [0.1, 0.15) is 4.88 Å². The lowest BCUT2D eigenvalue weighted by atomic mass is 10.6. The number of aromatic nitrogens is 1. The largest absolute Gasteiger partial charge is 0.473 e. The summed E-state index contributed by atoms with van der Waals surface area (Å²) in [5, 5.41) is 38.0. The lowest BCUT2D eigenvalue weighted by molar-refractivity contribution is -0.159. The van der Waals surface area contributed by atoms with E-state index in [1.807, 2.05) is 0 Å². The summed E-state index contributed by atoms with van der Waals surface area (Å²) in [6, 6.07) is 0. The smallest absolute Gasteiger partial charge is 0.414 e. The van der Waals surface area contributed by atoms with Crippen molar-refractivity contribution >= 4 is 52.1 Å². The number of aliphatic carboxylic acids is 2. The maximum Gasteiger partial charge on any atom is 0.414 e. The van der Waals surface area contributed by atoms with Crippen molar-refractivity contribution in [1.29, 1.82) is 5.26 Å². The topological polar surface area (TPSA) is 232 Å². The summed E-state index contributed by atoms with van der Waals surface area (Å²) >= 11 is 3.14. The maximum absolute atomic E-state index is 9.10. The van der Waals surface area contributed by atoms with Crippen molar-refractivity contribution in [2.75, 3.05) is 25.4 Å². The predicted octanol–water partition coefficient (Wildman–Crippen LogP) is -1.55. The van der Waals surface area contributed by atoms with E-state index < -0.39 is 11.9 Å². The SMILES string of the molecule is N#CNC(=NCCO)NCCSCc1cnc(N=C(N)N)s1.O=C(O)C(=O)O. The van der Waals surface area contributed by atoms with Gasteiger partial charge in [-0.15, -0.1) is 0 Å². The van der Waals surface area contributed by atoms with Crippen LogP contribution in [0.3, 0.4) is 0 Å². The number of nitrogens with zero attached hydrogens (tertiary/aromatic N) is 4. The predicted molar refractivity (Wildman–Crippen MR) is 105 cm³/mol. The second kappa shape index (κ2) is 15.0. The Labute approximate surface area is 168 Å². The van der Waals surface area contributed by atoms with Gasteiger partial charge in [0, 0.05) is 29.1 Å². The summed E-state index contributed by atoms with van der Waals surface area (Å²) in [7, 11) is 0. The molecule has 0 bridgehead atoms. The minimum Gasteiger partial charge on any atom is -0.473 e. The Morgan fingerprint density at radius 3 is 2.57 bits per heavy atom. The third kappa shape index (κ3) is 13.2. The van der Waals surface area contributed by atoms with Crippen LogP contribution in [0, 0.1) is 11.5 Å². The monoisotopic (exact) mass is 432 g/mol. The molecule has 9 N–H and O–H groups in total. The van der Waals surface area contributed by atoms with Crippen LogP contribution in [-0.4, -0.2) is 69.6 Å². The molecule has 0 aliphatic rings. The molecule has 0 fully saturated rings. The number of carboxylic acids is 2. The summed E-state index contributed by atoms with van der Waals surface area (Å²) in [5.41, 5.74) is 10.6. The molecule has 0 aliphatic carbocycles. The highest BCUT2D eigenvalue weighted by atomic mass is 32.2. The van der Waals surface area contributed by atoms with E-state index in [1.165, 1.54) is 11.3 Å². The van der Waals surface area contributed by atoms with E-state index >= 15 is 0 Å². The molecule has 0 spiro atoms. The van der Waals surface area contributed by atoms with Crippen molar-refractivity contribution in [2.24, 2.45) is 21.5 Å². The van der Waals surface area contributed by atoms with Gasteiger partial charge in [-0.2, -0.15) is 22.0 Å². The molecule has 0 atom stereocenters. The first kappa shape index (κ1) is 24.9. The second-order valence-corrected chi connectivity index (χ2v) is 6.63. The lowest BCUT2D eigenvalue weighted by Gasteiger charge is -2.07. The van der Waals surface area contributed by atoms with Crippen molar-refractivity contribution in [1.82, 2.24) is 15.6 Å². The molecule has 15 heteroatoms. The first-order valence-electron chi connectivity index (χ1n) is 7.42. The molecule has 0 unspecified atom stereocenters. The number of thiazole rings is 1. The molecular weight excluding hydrogens is 412 g/mol. The normalized spacial score (nSPS) is 10.1. The third-order valence-corrected chi connectivity index (χ3v) is 4.36. The number of nitrogens with two attached hydrogens (primary N) is 2. The Balaban J connectivity index is 0.00000105. The van der Waals surface area contributed by atoms with Crippen LogP contribution < -0.4 is 22.1 Å². The molecule has 0 radical (unpaired) electrons. The minimum atomic E-state index is -1.82. The number of aliphatic hydroxyl groups is 1. The van der Waals surface area contributed by atoms with E-state index in [0.29, 0.717) is 17.6 Å². The average molecular weight is 432 g/mol. The van der Waals surface area contributed by atoms with Crippen molar-refractivity contribution in [3.05, 3.63) is 11.1 Å². The molecule has 13 nitrogen and oxygen atoms in total. The molecule has 28 heavy (non-hydrogen) atoms. The standard InChI is InChI=1S/C11H18N8OS2.C2H2O4/c12-7-18-10(15-1-3-20)16-2-4-21-6-8-5-17-11(22-8)19-9(13)14;3-1(4)2(5)6/h5,20H,1-4,6H2,(H2,15,16,18)(H4,13,14,17,19);(H,3,4)(H,5,6). The number of aliphatic hydroxyl groups excluding tert-OH is 1. The highest BCUT2D eigenvalue weighted by molar-refractivity contribution is 7.98. The number of hydrogen-bond donors (Lipinski definition) is 7. The molecule has 1 aromatic rings. The van der Waals surface area contributed by atoms with Gasteiger partial charge in [-0.25, -0.2) is 14.6 Å². The van der Waals surface area contributed by atoms with Gasteiger partial charge in [0.25, 0.3) is 0 Å². The first-order valence-corrected chi connectivity index (χ1v) is 9.39. The Hall–Kier alpha value is -3.09. The van der Waals surface area contributed by atoms with Crippen LogP contribution in [0.15, 0.2) is 16.2 Å². The lowest BCUT2D eigenvalue weighted by Crippen LogP contribution is -2.36. The van der Waals surface area contributed by atoms with Gasteiger partial charge in [0.2, 0.25) is 11.1 Å². The van der Waals surface area contributed by atoms with Gasteiger partial charge in [0.1, 0.15) is 0 Å². The zero-order chi connectivity index (χ0) is 21.4. The van der Waals surface area contributed by atoms with Gasteiger partial charge < -0.3 is 32.1 Å². The molecule has 0 aliphatic heterocycles. The van der Waals surface area contributed by atoms with Gasteiger partial charge in [0.05, 0.1) is 13.2 Å². The molecule has 1 aromatic heterocycles. The Morgan fingerprint density at radius 2 is 2.04 bits per heavy atom. The highest BCUT2D eigenvalue weighted by Gasteiger charge is 2.04. The van der Waals surface area contributed by atoms with Crippen molar-refractivity contribution in [3.8, 4) is 6.19 Å². The number of carboxylic acid groups (broad SMARTS) is 2. The summed E-state index contributed by atoms with van der Waals surface area (Å²) in [4.78, 5) is 31.2. The molecule has 154 valence electrons. The fourth-order valence-corrected chi connectivity index (χ4v) is 3.04. The molecular formula is C13H20N8O5S2. The van der Waals surface area contributed by atoms with Crippen LogP contribution in [0.25, 0.3) is 0 Å². The number of aliphatic imine (C=N–C) groups is 2. The van der Waals surface area contributed by atoms with Crippen LogP contribution in [0.4, 0.5) is 5.13 Å². The van der Waals surface area contributed by atoms with Gasteiger partial charge in [-0.3, -0.25) is 10.3 Å². The van der Waals surface area contributed by atoms with Gasteiger partial charge >= 0.3 is 11.9 Å². The molecule has 0 aromatic carbocycles. The van der Waals surface area contributed by atoms with E-state index in [-0.39, 0.29) is 19.1 Å². The maximum atomic E-state index is 9.10. The average Bonchev–Trinajstić information content (AvgIpc) is 3.06. The van der Waals surface area contributed by atoms with Gasteiger partial charge in [0.15, 0.2) is 12.2 Å². The van der Waals surface area contributed by atoms with Crippen molar-refractivity contribution in [2.45, 2.75) is 5.75 Å². The second-order valence-electron chi connectivity index (χ2n) is 4.43.